The van der Waals surface area contributed by atoms with Crippen molar-refractivity contribution in [2.75, 3.05) is 0 Å². The Morgan fingerprint density at radius 1 is 1.04 bits per heavy atom. The molecule has 1 heterocycles. The first kappa shape index (κ1) is 15.8. The van der Waals surface area contributed by atoms with Gasteiger partial charge in [0.2, 0.25) is 5.89 Å². The molecule has 0 N–H and O–H groups in total. The Kier molecular flexibility index (Phi) is 4.07. The van der Waals surface area contributed by atoms with Crippen LogP contribution in [-0.4, -0.2) is 11.0 Å². The summed E-state index contributed by atoms with van der Waals surface area (Å²) in [4.78, 5) is 16.0. The lowest BCUT2D eigenvalue weighted by Gasteiger charge is -2.08. The van der Waals surface area contributed by atoms with E-state index >= 15 is 0 Å². The number of hydrogen-bond donors (Lipinski definition) is 0. The molecule has 4 nitrogen and oxygen atoms in total. The van der Waals surface area contributed by atoms with Crippen molar-refractivity contribution >= 4 is 5.97 Å². The molecule has 1 aromatic heterocycles. The third kappa shape index (κ3) is 3.45. The average Bonchev–Trinajstić information content (AvgIpc) is 3.05. The van der Waals surface area contributed by atoms with Gasteiger partial charge in [0.15, 0.2) is 5.69 Å². The Morgan fingerprint density at radius 3 is 2.50 bits per heavy atom. The number of hydrogen-bond acceptors (Lipinski definition) is 4. The first-order valence-electron chi connectivity index (χ1n) is 6.84. The molecule has 0 saturated carbocycles. The highest BCUT2D eigenvalue weighted by Gasteiger charge is 2.31. The molecule has 0 atom stereocenters. The molecule has 0 fully saturated rings. The quantitative estimate of drug-likeness (QED) is 0.520. The fraction of sp³-hybridized carbons (Fsp3) is 0.0588. The van der Waals surface area contributed by atoms with Crippen LogP contribution in [-0.2, 0) is 6.18 Å². The van der Waals surface area contributed by atoms with Crippen LogP contribution in [0.3, 0.4) is 0 Å². The van der Waals surface area contributed by atoms with E-state index in [0.29, 0.717) is 5.56 Å². The number of nitrogens with zero attached hydrogens (tertiary/aromatic N) is 1. The summed E-state index contributed by atoms with van der Waals surface area (Å²) >= 11 is 0. The van der Waals surface area contributed by atoms with Crippen LogP contribution in [0, 0.1) is 0 Å². The van der Waals surface area contributed by atoms with Crippen LogP contribution >= 0.6 is 0 Å². The Balaban J connectivity index is 1.78. The van der Waals surface area contributed by atoms with Gasteiger partial charge in [-0.25, -0.2) is 9.78 Å². The summed E-state index contributed by atoms with van der Waals surface area (Å²) in [7, 11) is 0. The third-order valence-corrected chi connectivity index (χ3v) is 3.11. The van der Waals surface area contributed by atoms with E-state index in [1.165, 1.54) is 6.07 Å². The lowest BCUT2D eigenvalue weighted by Crippen LogP contribution is -2.10. The first-order chi connectivity index (χ1) is 11.4. The number of aromatic nitrogens is 1. The Labute approximate surface area is 134 Å². The van der Waals surface area contributed by atoms with Gasteiger partial charge >= 0.3 is 12.1 Å². The van der Waals surface area contributed by atoms with Gasteiger partial charge < -0.3 is 9.15 Å². The van der Waals surface area contributed by atoms with Crippen molar-refractivity contribution < 1.29 is 27.1 Å². The highest BCUT2D eigenvalue weighted by atomic mass is 19.4. The average molecular weight is 333 g/mol. The SMILES string of the molecule is O=C(Oc1cccc(C(F)(F)F)c1)c1coc(-c2ccccc2)n1. The van der Waals surface area contributed by atoms with Gasteiger partial charge in [0.25, 0.3) is 0 Å². The molecule has 2 aromatic carbocycles. The number of rotatable bonds is 3. The summed E-state index contributed by atoms with van der Waals surface area (Å²) in [6.07, 6.45) is -3.42. The van der Waals surface area contributed by atoms with Gasteiger partial charge in [-0.3, -0.25) is 0 Å². The second-order valence-corrected chi connectivity index (χ2v) is 4.82. The molecule has 0 radical (unpaired) electrons. The molecule has 0 bridgehead atoms. The molecule has 0 aliphatic carbocycles. The summed E-state index contributed by atoms with van der Waals surface area (Å²) in [6.45, 7) is 0. The van der Waals surface area contributed by atoms with E-state index in [0.717, 1.165) is 24.5 Å². The second-order valence-electron chi connectivity index (χ2n) is 4.82. The molecule has 24 heavy (non-hydrogen) atoms. The van der Waals surface area contributed by atoms with E-state index in [9.17, 15) is 18.0 Å². The van der Waals surface area contributed by atoms with Crippen LogP contribution in [0.2, 0.25) is 0 Å². The normalized spacial score (nSPS) is 11.3. The van der Waals surface area contributed by atoms with Crippen LogP contribution in [0.15, 0.2) is 65.3 Å². The number of benzene rings is 2. The fourth-order valence-electron chi connectivity index (χ4n) is 1.98. The smallest absolute Gasteiger partial charge is 0.416 e. The van der Waals surface area contributed by atoms with Crippen molar-refractivity contribution in [2.45, 2.75) is 6.18 Å². The minimum atomic E-state index is -4.52. The van der Waals surface area contributed by atoms with Crippen molar-refractivity contribution in [3.05, 3.63) is 72.1 Å². The van der Waals surface area contributed by atoms with Crippen molar-refractivity contribution in [1.29, 1.82) is 0 Å². The van der Waals surface area contributed by atoms with Gasteiger partial charge in [0, 0.05) is 5.56 Å². The molecule has 0 aliphatic heterocycles. The van der Waals surface area contributed by atoms with E-state index < -0.39 is 17.7 Å². The van der Waals surface area contributed by atoms with Crippen LogP contribution in [0.1, 0.15) is 16.1 Å². The number of esters is 1. The van der Waals surface area contributed by atoms with E-state index in [1.807, 2.05) is 6.07 Å². The molecule has 7 heteroatoms. The summed E-state index contributed by atoms with van der Waals surface area (Å²) in [5.74, 6) is -0.911. The van der Waals surface area contributed by atoms with Gasteiger partial charge in [0.1, 0.15) is 12.0 Å². The molecule has 3 rings (SSSR count). The standard InChI is InChI=1S/C17H10F3NO3/c18-17(19,20)12-7-4-8-13(9-12)24-16(22)14-10-23-15(21-14)11-5-2-1-3-6-11/h1-10H. The van der Waals surface area contributed by atoms with Crippen LogP contribution in [0.25, 0.3) is 11.5 Å². The first-order valence-corrected chi connectivity index (χ1v) is 6.84. The lowest BCUT2D eigenvalue weighted by atomic mass is 10.2. The Bertz CT molecular complexity index is 857. The van der Waals surface area contributed by atoms with Gasteiger partial charge in [-0.15, -0.1) is 0 Å². The molecule has 3 aromatic rings. The number of oxazole rings is 1. The minimum absolute atomic E-state index is 0.133. The summed E-state index contributed by atoms with van der Waals surface area (Å²) < 4.78 is 48.1. The topological polar surface area (TPSA) is 52.3 Å². The largest absolute Gasteiger partial charge is 0.444 e. The maximum atomic E-state index is 12.7. The third-order valence-electron chi connectivity index (χ3n) is 3.11. The maximum Gasteiger partial charge on any atom is 0.416 e. The lowest BCUT2D eigenvalue weighted by molar-refractivity contribution is -0.137. The summed E-state index contributed by atoms with van der Waals surface area (Å²) in [6, 6.07) is 12.9. The zero-order valence-electron chi connectivity index (χ0n) is 12.1. The summed E-state index contributed by atoms with van der Waals surface area (Å²) in [5, 5.41) is 0. The predicted octanol–water partition coefficient (Wildman–Crippen LogP) is 4.58. The summed E-state index contributed by atoms with van der Waals surface area (Å²) in [5.41, 5.74) is -0.375. The maximum absolute atomic E-state index is 12.7. The fourth-order valence-corrected chi connectivity index (χ4v) is 1.98. The second kappa shape index (κ2) is 6.19. The van der Waals surface area contributed by atoms with Crippen LogP contribution in [0.5, 0.6) is 5.75 Å². The Hall–Kier alpha value is -3.09. The number of carbonyl (C=O) groups excluding carboxylic acids is 1. The predicted molar refractivity (Wildman–Crippen MR) is 78.3 cm³/mol. The highest BCUT2D eigenvalue weighted by molar-refractivity contribution is 5.89. The van der Waals surface area contributed by atoms with Crippen molar-refractivity contribution in [3.8, 4) is 17.2 Å². The van der Waals surface area contributed by atoms with E-state index in [4.69, 9.17) is 9.15 Å². The highest BCUT2D eigenvalue weighted by Crippen LogP contribution is 2.31. The van der Waals surface area contributed by atoms with E-state index in [-0.39, 0.29) is 17.3 Å². The Morgan fingerprint density at radius 2 is 1.79 bits per heavy atom. The number of alkyl halides is 3. The van der Waals surface area contributed by atoms with Gasteiger partial charge in [-0.2, -0.15) is 13.2 Å². The zero-order valence-corrected chi connectivity index (χ0v) is 12.1. The molecule has 0 unspecified atom stereocenters. The number of ether oxygens (including phenoxy) is 1. The number of carbonyl (C=O) groups is 1. The minimum Gasteiger partial charge on any atom is -0.444 e. The van der Waals surface area contributed by atoms with E-state index in [2.05, 4.69) is 4.98 Å². The molecule has 0 saturated heterocycles. The van der Waals surface area contributed by atoms with E-state index in [1.54, 1.807) is 24.3 Å². The van der Waals surface area contributed by atoms with Gasteiger partial charge in [0.05, 0.1) is 5.56 Å². The van der Waals surface area contributed by atoms with Crippen molar-refractivity contribution in [2.24, 2.45) is 0 Å². The number of halogens is 3. The molecule has 0 spiro atoms. The molecular weight excluding hydrogens is 323 g/mol. The monoisotopic (exact) mass is 333 g/mol. The molecule has 122 valence electrons. The zero-order chi connectivity index (χ0) is 17.2. The van der Waals surface area contributed by atoms with Crippen molar-refractivity contribution in [1.82, 2.24) is 4.98 Å². The van der Waals surface area contributed by atoms with Gasteiger partial charge in [-0.05, 0) is 30.3 Å². The molecule has 0 aliphatic rings. The van der Waals surface area contributed by atoms with Gasteiger partial charge in [-0.1, -0.05) is 24.3 Å². The van der Waals surface area contributed by atoms with Crippen molar-refractivity contribution in [3.63, 3.8) is 0 Å². The molecular formula is C17H10F3NO3. The molecule has 0 amide bonds. The van der Waals surface area contributed by atoms with Crippen LogP contribution in [0.4, 0.5) is 13.2 Å². The van der Waals surface area contributed by atoms with Crippen LogP contribution < -0.4 is 4.74 Å².